The molecule has 1 aliphatic rings. The quantitative estimate of drug-likeness (QED) is 0.793. The summed E-state index contributed by atoms with van der Waals surface area (Å²) in [5, 5.41) is 0.678. The second kappa shape index (κ2) is 4.90. The molecule has 1 fully saturated rings. The van der Waals surface area contributed by atoms with Crippen LogP contribution in [0.2, 0.25) is 5.02 Å². The third kappa shape index (κ3) is 2.67. The van der Waals surface area contributed by atoms with E-state index in [9.17, 15) is 4.79 Å². The Kier molecular flexibility index (Phi) is 3.54. The summed E-state index contributed by atoms with van der Waals surface area (Å²) in [7, 11) is 0. The van der Waals surface area contributed by atoms with Crippen molar-refractivity contribution in [3.63, 3.8) is 0 Å². The molecule has 4 heteroatoms. The summed E-state index contributed by atoms with van der Waals surface area (Å²) in [5.74, 6) is 2.05. The third-order valence-corrected chi connectivity index (χ3v) is 3.74. The number of nitrogens with zero attached hydrogens (tertiary/aromatic N) is 1. The third-order valence-electron chi connectivity index (χ3n) is 2.40. The maximum absolute atomic E-state index is 11.8. The van der Waals surface area contributed by atoms with Crippen LogP contribution in [0.4, 0.5) is 0 Å². The number of carbonyl (C=O) groups excluding carboxylic acids is 1. The minimum atomic E-state index is 0.174. The van der Waals surface area contributed by atoms with Gasteiger partial charge < -0.3 is 4.90 Å². The van der Waals surface area contributed by atoms with Gasteiger partial charge in [0, 0.05) is 17.3 Å². The predicted octanol–water partition coefficient (Wildman–Crippen LogP) is 2.42. The van der Waals surface area contributed by atoms with Gasteiger partial charge in [-0.2, -0.15) is 0 Å². The van der Waals surface area contributed by atoms with Gasteiger partial charge in [-0.15, -0.1) is 11.8 Å². The number of thioether (sulfide) groups is 1. The van der Waals surface area contributed by atoms with Gasteiger partial charge >= 0.3 is 0 Å². The van der Waals surface area contributed by atoms with Gasteiger partial charge in [0.15, 0.2) is 0 Å². The normalized spacial score (nSPS) is 15.7. The zero-order chi connectivity index (χ0) is 10.7. The minimum absolute atomic E-state index is 0.174. The standard InChI is InChI=1S/C11H12ClNOS/c12-10-4-2-1-3-9(10)7-11(14)13-5-6-15-8-13/h1-4H,5-8H2. The van der Waals surface area contributed by atoms with Crippen LogP contribution in [0, 0.1) is 0 Å². The number of halogens is 1. The summed E-state index contributed by atoms with van der Waals surface area (Å²) in [4.78, 5) is 13.7. The number of rotatable bonds is 2. The summed E-state index contributed by atoms with van der Waals surface area (Å²) < 4.78 is 0. The highest BCUT2D eigenvalue weighted by Crippen LogP contribution is 2.19. The lowest BCUT2D eigenvalue weighted by molar-refractivity contribution is -0.128. The maximum atomic E-state index is 11.8. The fourth-order valence-corrected chi connectivity index (χ4v) is 2.70. The molecule has 2 nitrogen and oxygen atoms in total. The van der Waals surface area contributed by atoms with Crippen molar-refractivity contribution >= 4 is 29.3 Å². The van der Waals surface area contributed by atoms with Gasteiger partial charge in [0.1, 0.15) is 0 Å². The molecule has 15 heavy (non-hydrogen) atoms. The van der Waals surface area contributed by atoms with Gasteiger partial charge in [-0.1, -0.05) is 29.8 Å². The first-order chi connectivity index (χ1) is 7.27. The summed E-state index contributed by atoms with van der Waals surface area (Å²) in [6.45, 7) is 0.869. The SMILES string of the molecule is O=C(Cc1ccccc1Cl)N1CCSC1. The van der Waals surface area contributed by atoms with Gasteiger partial charge in [0.05, 0.1) is 12.3 Å². The minimum Gasteiger partial charge on any atom is -0.332 e. The lowest BCUT2D eigenvalue weighted by Gasteiger charge is -2.14. The molecule has 1 amide bonds. The molecule has 1 aromatic rings. The molecule has 2 rings (SSSR count). The first-order valence-corrected chi connectivity index (χ1v) is 6.39. The molecule has 80 valence electrons. The Bertz CT molecular complexity index is 363. The molecule has 0 radical (unpaired) electrons. The molecule has 0 saturated carbocycles. The first-order valence-electron chi connectivity index (χ1n) is 4.86. The molecule has 0 aliphatic carbocycles. The Morgan fingerprint density at radius 1 is 1.47 bits per heavy atom. The number of carbonyl (C=O) groups is 1. The maximum Gasteiger partial charge on any atom is 0.227 e. The fraction of sp³-hybridized carbons (Fsp3) is 0.364. The number of hydrogen-bond donors (Lipinski definition) is 0. The van der Waals surface area contributed by atoms with Crippen LogP contribution in [0.1, 0.15) is 5.56 Å². The van der Waals surface area contributed by atoms with Crippen molar-refractivity contribution in [3.8, 4) is 0 Å². The molecule has 0 bridgehead atoms. The smallest absolute Gasteiger partial charge is 0.227 e. The summed E-state index contributed by atoms with van der Waals surface area (Å²) >= 11 is 7.80. The second-order valence-electron chi connectivity index (χ2n) is 3.46. The summed E-state index contributed by atoms with van der Waals surface area (Å²) in [6, 6.07) is 7.52. The first kappa shape index (κ1) is 10.8. The van der Waals surface area contributed by atoms with E-state index in [0.29, 0.717) is 11.4 Å². The van der Waals surface area contributed by atoms with Crippen molar-refractivity contribution in [2.45, 2.75) is 6.42 Å². The fourth-order valence-electron chi connectivity index (χ4n) is 1.53. The molecule has 0 atom stereocenters. The van der Waals surface area contributed by atoms with E-state index >= 15 is 0 Å². The molecular weight excluding hydrogens is 230 g/mol. The zero-order valence-electron chi connectivity index (χ0n) is 8.28. The highest BCUT2D eigenvalue weighted by Gasteiger charge is 2.18. The van der Waals surface area contributed by atoms with Crippen LogP contribution in [0.15, 0.2) is 24.3 Å². The second-order valence-corrected chi connectivity index (χ2v) is 4.94. The Morgan fingerprint density at radius 2 is 2.27 bits per heavy atom. The molecule has 0 aromatic heterocycles. The van der Waals surface area contributed by atoms with Crippen LogP contribution in [0.5, 0.6) is 0 Å². The number of benzene rings is 1. The van der Waals surface area contributed by atoms with Crippen molar-refractivity contribution in [2.75, 3.05) is 18.2 Å². The van der Waals surface area contributed by atoms with Crippen molar-refractivity contribution in [1.82, 2.24) is 4.90 Å². The Morgan fingerprint density at radius 3 is 2.93 bits per heavy atom. The van der Waals surface area contributed by atoms with Crippen molar-refractivity contribution < 1.29 is 4.79 Å². The molecular formula is C11H12ClNOS. The van der Waals surface area contributed by atoms with E-state index in [4.69, 9.17) is 11.6 Å². The van der Waals surface area contributed by atoms with E-state index in [0.717, 1.165) is 23.7 Å². The van der Waals surface area contributed by atoms with Crippen molar-refractivity contribution in [2.24, 2.45) is 0 Å². The average Bonchev–Trinajstić information content (AvgIpc) is 2.74. The highest BCUT2D eigenvalue weighted by molar-refractivity contribution is 7.99. The average molecular weight is 242 g/mol. The summed E-state index contributed by atoms with van der Waals surface area (Å²) in [5.41, 5.74) is 0.918. The lowest BCUT2D eigenvalue weighted by Crippen LogP contribution is -2.29. The lowest BCUT2D eigenvalue weighted by atomic mass is 10.1. The van der Waals surface area contributed by atoms with Crippen LogP contribution in [-0.2, 0) is 11.2 Å². The summed E-state index contributed by atoms with van der Waals surface area (Å²) in [6.07, 6.45) is 0.417. The van der Waals surface area contributed by atoms with Crippen LogP contribution in [0.3, 0.4) is 0 Å². The van der Waals surface area contributed by atoms with Crippen LogP contribution in [0.25, 0.3) is 0 Å². The predicted molar refractivity (Wildman–Crippen MR) is 64.2 cm³/mol. The molecule has 0 N–H and O–H groups in total. The van der Waals surface area contributed by atoms with E-state index in [1.807, 2.05) is 29.2 Å². The highest BCUT2D eigenvalue weighted by atomic mass is 35.5. The van der Waals surface area contributed by atoms with Crippen LogP contribution in [-0.4, -0.2) is 29.0 Å². The molecule has 1 aromatic carbocycles. The van der Waals surface area contributed by atoms with E-state index in [2.05, 4.69) is 0 Å². The molecule has 0 spiro atoms. The van der Waals surface area contributed by atoms with E-state index in [1.165, 1.54) is 0 Å². The zero-order valence-corrected chi connectivity index (χ0v) is 9.85. The molecule has 1 aliphatic heterocycles. The monoisotopic (exact) mass is 241 g/mol. The largest absolute Gasteiger partial charge is 0.332 e. The Labute approximate surface area is 98.6 Å². The van der Waals surface area contributed by atoms with Gasteiger partial charge in [-0.3, -0.25) is 4.79 Å². The topological polar surface area (TPSA) is 20.3 Å². The molecule has 1 heterocycles. The van der Waals surface area contributed by atoms with Crippen molar-refractivity contribution in [1.29, 1.82) is 0 Å². The van der Waals surface area contributed by atoms with Crippen LogP contribution >= 0.6 is 23.4 Å². The van der Waals surface area contributed by atoms with Gasteiger partial charge in [0.2, 0.25) is 5.91 Å². The van der Waals surface area contributed by atoms with E-state index < -0.39 is 0 Å². The van der Waals surface area contributed by atoms with Gasteiger partial charge in [-0.05, 0) is 11.6 Å². The van der Waals surface area contributed by atoms with Gasteiger partial charge in [0.25, 0.3) is 0 Å². The van der Waals surface area contributed by atoms with Gasteiger partial charge in [-0.25, -0.2) is 0 Å². The van der Waals surface area contributed by atoms with Crippen LogP contribution < -0.4 is 0 Å². The number of amides is 1. The molecule has 0 unspecified atom stereocenters. The Hall–Kier alpha value is -0.670. The number of hydrogen-bond acceptors (Lipinski definition) is 2. The Balaban J connectivity index is 2.02. The van der Waals surface area contributed by atoms with E-state index in [-0.39, 0.29) is 5.91 Å². The van der Waals surface area contributed by atoms with Crippen molar-refractivity contribution in [3.05, 3.63) is 34.9 Å². The molecule has 1 saturated heterocycles. The van der Waals surface area contributed by atoms with E-state index in [1.54, 1.807) is 11.8 Å².